The molecule has 1 aliphatic rings. The van der Waals surface area contributed by atoms with E-state index in [2.05, 4.69) is 22.5 Å². The minimum Gasteiger partial charge on any atom is -0.497 e. The van der Waals surface area contributed by atoms with Crippen LogP contribution in [0.25, 0.3) is 10.9 Å². The van der Waals surface area contributed by atoms with Crippen molar-refractivity contribution in [1.29, 1.82) is 0 Å². The largest absolute Gasteiger partial charge is 0.497 e. The molecule has 0 unspecified atom stereocenters. The first-order valence-electron chi connectivity index (χ1n) is 11.7. The third-order valence-electron chi connectivity index (χ3n) is 6.19. The molecule has 11 heteroatoms. The molecule has 4 rings (SSSR count). The fourth-order valence-electron chi connectivity index (χ4n) is 4.34. The van der Waals surface area contributed by atoms with Crippen LogP contribution in [0, 0.1) is 11.8 Å². The molecule has 1 aromatic heterocycles. The highest BCUT2D eigenvalue weighted by atomic mass is 32.2. The molecule has 0 aliphatic carbocycles. The Balaban J connectivity index is 1.59. The fraction of sp³-hybridized carbons (Fsp3) is 0.385. The zero-order valence-electron chi connectivity index (χ0n) is 20.5. The number of ether oxygens (including phenoxy) is 2. The highest BCUT2D eigenvalue weighted by Crippen LogP contribution is 2.32. The summed E-state index contributed by atoms with van der Waals surface area (Å²) in [6.07, 6.45) is -3.53. The topological polar surface area (TPSA) is 81.6 Å². The Bertz CT molecular complexity index is 1420. The average Bonchev–Trinajstić information content (AvgIpc) is 3.19. The second-order valence-electron chi connectivity index (χ2n) is 8.76. The van der Waals surface area contributed by atoms with Gasteiger partial charge in [-0.25, -0.2) is 8.42 Å². The molecule has 2 aromatic carbocycles. The van der Waals surface area contributed by atoms with Gasteiger partial charge in [-0.15, -0.1) is 0 Å². The summed E-state index contributed by atoms with van der Waals surface area (Å²) in [5, 5.41) is 7.05. The number of nitrogens with zero attached hydrogens (tertiary/aromatic N) is 1. The zero-order valence-corrected chi connectivity index (χ0v) is 21.3. The lowest BCUT2D eigenvalue weighted by Crippen LogP contribution is -2.32. The van der Waals surface area contributed by atoms with Crippen LogP contribution in [-0.2, 0) is 16.4 Å². The second kappa shape index (κ2) is 10.8. The molecule has 37 heavy (non-hydrogen) atoms. The summed E-state index contributed by atoms with van der Waals surface area (Å²) in [6, 6.07) is 11.9. The molecule has 0 saturated carbocycles. The van der Waals surface area contributed by atoms with Gasteiger partial charge in [-0.3, -0.25) is 0 Å². The Morgan fingerprint density at radius 3 is 2.49 bits per heavy atom. The van der Waals surface area contributed by atoms with Crippen LogP contribution in [0.1, 0.15) is 18.5 Å². The van der Waals surface area contributed by atoms with Crippen LogP contribution in [-0.4, -0.2) is 57.5 Å². The summed E-state index contributed by atoms with van der Waals surface area (Å²) in [6.45, 7) is -0.997. The van der Waals surface area contributed by atoms with Gasteiger partial charge in [0.15, 0.2) is 0 Å². The van der Waals surface area contributed by atoms with Crippen molar-refractivity contribution < 1.29 is 31.1 Å². The van der Waals surface area contributed by atoms with E-state index in [1.54, 1.807) is 49.6 Å². The van der Waals surface area contributed by atoms with E-state index in [1.165, 1.54) is 7.11 Å². The maximum atomic E-state index is 13.4. The van der Waals surface area contributed by atoms with E-state index in [0.717, 1.165) is 4.57 Å². The number of hydrogen-bond acceptors (Lipinski definition) is 6. The van der Waals surface area contributed by atoms with Crippen LogP contribution in [0.4, 0.5) is 24.5 Å². The minimum absolute atomic E-state index is 0.0710. The number of alkyl halides is 3. The quantitative estimate of drug-likeness (QED) is 0.428. The summed E-state index contributed by atoms with van der Waals surface area (Å²) in [5.41, 5.74) is 1.97. The van der Waals surface area contributed by atoms with Gasteiger partial charge in [0.1, 0.15) is 27.9 Å². The maximum absolute atomic E-state index is 13.4. The number of halogens is 3. The van der Waals surface area contributed by atoms with Crippen molar-refractivity contribution in [3.05, 3.63) is 48.2 Å². The summed E-state index contributed by atoms with van der Waals surface area (Å²) in [4.78, 5) is 0. The Hall–Kier alpha value is -3.52. The summed E-state index contributed by atoms with van der Waals surface area (Å²) < 4.78 is 75.5. The molecule has 0 spiro atoms. The molecule has 0 bridgehead atoms. The minimum atomic E-state index is -4.43. The van der Waals surface area contributed by atoms with Crippen LogP contribution < -0.4 is 20.1 Å². The van der Waals surface area contributed by atoms with Gasteiger partial charge in [0.05, 0.1) is 49.2 Å². The smallest absolute Gasteiger partial charge is 0.406 e. The fourth-order valence-corrected chi connectivity index (χ4v) is 5.83. The lowest BCUT2D eigenvalue weighted by atomic mass is 10.1. The molecule has 7 nitrogen and oxygen atoms in total. The van der Waals surface area contributed by atoms with E-state index in [9.17, 15) is 21.6 Å². The van der Waals surface area contributed by atoms with Crippen molar-refractivity contribution in [3.63, 3.8) is 0 Å². The number of anilines is 2. The first-order chi connectivity index (χ1) is 17.6. The highest BCUT2D eigenvalue weighted by molar-refractivity contribution is 7.91. The van der Waals surface area contributed by atoms with E-state index in [0.29, 0.717) is 46.6 Å². The third-order valence-corrected chi connectivity index (χ3v) is 7.91. The molecule has 0 atom stereocenters. The van der Waals surface area contributed by atoms with Gasteiger partial charge in [0.25, 0.3) is 0 Å². The normalized spacial score (nSPS) is 15.6. The molecule has 1 fully saturated rings. The van der Waals surface area contributed by atoms with Gasteiger partial charge in [-0.2, -0.15) is 13.2 Å². The van der Waals surface area contributed by atoms with Crippen LogP contribution >= 0.6 is 0 Å². The summed E-state index contributed by atoms with van der Waals surface area (Å²) in [5.74, 6) is 7.15. The van der Waals surface area contributed by atoms with Crippen molar-refractivity contribution in [2.75, 3.05) is 42.9 Å². The predicted octanol–water partition coefficient (Wildman–Crippen LogP) is 4.67. The van der Waals surface area contributed by atoms with E-state index in [1.807, 2.05) is 0 Å². The number of fused-ring (bicyclic) bond motifs is 1. The molecule has 3 aromatic rings. The standard InChI is InChI=1S/C26H28F3N3O4S/c1-35-20-8-9-23(25(16-20)36-2)30-12-4-5-19-15-21-22(31-18-10-13-37(33,34)14-11-18)6-3-7-24(21)32(19)17-26(27,28)29/h3,6-9,15-16,18,30-31H,10-14,17H2,1-2H3. The van der Waals surface area contributed by atoms with Gasteiger partial charge in [-0.1, -0.05) is 12.0 Å². The van der Waals surface area contributed by atoms with Gasteiger partial charge in [0, 0.05) is 23.2 Å². The molecular weight excluding hydrogens is 507 g/mol. The highest BCUT2D eigenvalue weighted by Gasteiger charge is 2.30. The number of methoxy groups -OCH3 is 2. The monoisotopic (exact) mass is 535 g/mol. The predicted molar refractivity (Wildman–Crippen MR) is 138 cm³/mol. The second-order valence-corrected chi connectivity index (χ2v) is 11.1. The molecule has 0 radical (unpaired) electrons. The zero-order chi connectivity index (χ0) is 26.6. The number of aromatic nitrogens is 1. The number of hydrogen-bond donors (Lipinski definition) is 2. The molecular formula is C26H28F3N3O4S. The number of benzene rings is 2. The molecule has 0 amide bonds. The van der Waals surface area contributed by atoms with Gasteiger partial charge >= 0.3 is 6.18 Å². The summed E-state index contributed by atoms with van der Waals surface area (Å²) >= 11 is 0. The van der Waals surface area contributed by atoms with Gasteiger partial charge in [0.2, 0.25) is 0 Å². The molecule has 1 saturated heterocycles. The lowest BCUT2D eigenvalue weighted by Gasteiger charge is -2.24. The Morgan fingerprint density at radius 2 is 1.81 bits per heavy atom. The van der Waals surface area contributed by atoms with Gasteiger partial charge in [-0.05, 0) is 49.1 Å². The van der Waals surface area contributed by atoms with E-state index >= 15 is 0 Å². The molecule has 2 heterocycles. The third kappa shape index (κ3) is 6.63. The van der Waals surface area contributed by atoms with E-state index in [-0.39, 0.29) is 29.8 Å². The van der Waals surface area contributed by atoms with E-state index < -0.39 is 22.6 Å². The van der Waals surface area contributed by atoms with Crippen molar-refractivity contribution in [1.82, 2.24) is 4.57 Å². The van der Waals surface area contributed by atoms with Gasteiger partial charge < -0.3 is 24.7 Å². The number of sulfone groups is 1. The average molecular weight is 536 g/mol. The first-order valence-corrected chi connectivity index (χ1v) is 13.5. The lowest BCUT2D eigenvalue weighted by molar-refractivity contribution is -0.140. The van der Waals surface area contributed by atoms with Crippen LogP contribution in [0.2, 0.25) is 0 Å². The van der Waals surface area contributed by atoms with Crippen LogP contribution in [0.15, 0.2) is 42.5 Å². The van der Waals surface area contributed by atoms with Crippen molar-refractivity contribution in [2.24, 2.45) is 0 Å². The molecule has 198 valence electrons. The first kappa shape index (κ1) is 26.5. The Kier molecular flexibility index (Phi) is 7.78. The number of rotatable bonds is 7. The van der Waals surface area contributed by atoms with Crippen LogP contribution in [0.3, 0.4) is 0 Å². The SMILES string of the molecule is COc1ccc(NCC#Cc2cc3c(NC4CCS(=O)(=O)CC4)cccc3n2CC(F)(F)F)c(OC)c1. The van der Waals surface area contributed by atoms with Crippen molar-refractivity contribution in [3.8, 4) is 23.3 Å². The maximum Gasteiger partial charge on any atom is 0.406 e. The van der Waals surface area contributed by atoms with Crippen molar-refractivity contribution in [2.45, 2.75) is 31.6 Å². The number of nitrogens with one attached hydrogen (secondary N) is 2. The Morgan fingerprint density at radius 1 is 1.05 bits per heavy atom. The summed E-state index contributed by atoms with van der Waals surface area (Å²) in [7, 11) is 0.0545. The molecule has 2 N–H and O–H groups in total. The van der Waals surface area contributed by atoms with E-state index in [4.69, 9.17) is 9.47 Å². The van der Waals surface area contributed by atoms with Crippen molar-refractivity contribution >= 4 is 32.1 Å². The molecule has 1 aliphatic heterocycles. The Labute approximate surface area is 213 Å². The van der Waals surface area contributed by atoms with Crippen LogP contribution in [0.5, 0.6) is 11.5 Å².